The van der Waals surface area contributed by atoms with Crippen molar-refractivity contribution in [1.29, 1.82) is 0 Å². The molecule has 0 heterocycles. The third kappa shape index (κ3) is 1.53. The van der Waals surface area contributed by atoms with Crippen molar-refractivity contribution in [3.05, 3.63) is 0 Å². The first-order valence-corrected chi connectivity index (χ1v) is 5.83. The van der Waals surface area contributed by atoms with Crippen molar-refractivity contribution in [3.63, 3.8) is 0 Å². The van der Waals surface area contributed by atoms with Crippen LogP contribution in [0, 0.1) is 0 Å². The number of carboxylic acid groups (broad SMARTS) is 4. The Balaban J connectivity index is 5.60. The fourth-order valence-electron chi connectivity index (χ4n) is 0.549. The van der Waals surface area contributed by atoms with Crippen molar-refractivity contribution in [2.24, 2.45) is 0 Å². The topological polar surface area (TPSA) is 149 Å². The van der Waals surface area contributed by atoms with Crippen LogP contribution in [0.25, 0.3) is 0 Å². The summed E-state index contributed by atoms with van der Waals surface area (Å²) in [5, 5.41) is 33.1. The van der Waals surface area contributed by atoms with E-state index in [0.29, 0.717) is 0 Å². The summed E-state index contributed by atoms with van der Waals surface area (Å²) in [6.45, 7) is 0. The van der Waals surface area contributed by atoms with Gasteiger partial charge in [0.25, 0.3) is 0 Å². The second kappa shape index (κ2) is 3.54. The van der Waals surface area contributed by atoms with Crippen LogP contribution in [0.4, 0.5) is 19.2 Å². The summed E-state index contributed by atoms with van der Waals surface area (Å²) in [7, 11) is 0. The van der Waals surface area contributed by atoms with Gasteiger partial charge < -0.3 is 0 Å². The van der Waals surface area contributed by atoms with Crippen LogP contribution in [0.15, 0.2) is 0 Å². The number of carbonyl (C=O) groups is 4. The van der Waals surface area contributed by atoms with E-state index < -0.39 is 33.7 Å². The fourth-order valence-corrected chi connectivity index (χ4v) is 2.26. The van der Waals surface area contributed by atoms with Crippen LogP contribution in [0.3, 0.4) is 0 Å². The molecule has 0 aromatic heterocycles. The summed E-state index contributed by atoms with van der Waals surface area (Å²) >= 11 is -6.00. The van der Waals surface area contributed by atoms with Gasteiger partial charge in [-0.15, -0.1) is 0 Å². The Bertz CT molecular complexity index is 231. The van der Waals surface area contributed by atoms with Crippen molar-refractivity contribution < 1.29 is 56.2 Å². The van der Waals surface area contributed by atoms with Gasteiger partial charge in [0.15, 0.2) is 0 Å². The van der Waals surface area contributed by atoms with Crippen LogP contribution in [0.1, 0.15) is 0 Å². The van der Waals surface area contributed by atoms with Crippen molar-refractivity contribution >= 4 is 17.1 Å². The Morgan fingerprint density at radius 1 is 0.615 bits per heavy atom. The van der Waals surface area contributed by atoms with Gasteiger partial charge in [-0.2, -0.15) is 0 Å². The summed E-state index contributed by atoms with van der Waals surface area (Å²) in [5.41, 5.74) is 0. The fraction of sp³-hybridized carbons (Fsp3) is 0. The Hall–Kier alpha value is -1.41. The van der Waals surface area contributed by atoms with Crippen LogP contribution in [0.5, 0.6) is 0 Å². The van der Waals surface area contributed by atoms with E-state index in [1.807, 2.05) is 0 Å². The molecule has 8 nitrogen and oxygen atoms in total. The molecule has 0 aliphatic rings. The average molecular weight is 228 g/mol. The van der Waals surface area contributed by atoms with Gasteiger partial charge in [0.2, 0.25) is 0 Å². The van der Waals surface area contributed by atoms with Gasteiger partial charge in [-0.05, 0) is 0 Å². The molecular formula is C4H4O8Ti. The van der Waals surface area contributed by atoms with Crippen LogP contribution in [-0.4, -0.2) is 37.5 Å². The van der Waals surface area contributed by atoms with Crippen LogP contribution in [-0.2, 0) is 16.6 Å². The summed E-state index contributed by atoms with van der Waals surface area (Å²) < 4.78 is -9.08. The molecule has 0 rings (SSSR count). The summed E-state index contributed by atoms with van der Waals surface area (Å²) in [6.07, 6.45) is 0. The van der Waals surface area contributed by atoms with Crippen molar-refractivity contribution in [2.75, 3.05) is 0 Å². The zero-order valence-electron chi connectivity index (χ0n) is 5.92. The molecule has 0 spiro atoms. The van der Waals surface area contributed by atoms with Gasteiger partial charge in [-0.3, -0.25) is 0 Å². The van der Waals surface area contributed by atoms with Gasteiger partial charge in [0, 0.05) is 0 Å². The van der Waals surface area contributed by atoms with E-state index in [1.165, 1.54) is 0 Å². The van der Waals surface area contributed by atoms with E-state index in [9.17, 15) is 19.2 Å². The van der Waals surface area contributed by atoms with Crippen molar-refractivity contribution in [1.82, 2.24) is 0 Å². The molecule has 0 aromatic carbocycles. The molecule has 0 fully saturated rings. The monoisotopic (exact) mass is 228 g/mol. The van der Waals surface area contributed by atoms with Gasteiger partial charge in [0.05, 0.1) is 0 Å². The van der Waals surface area contributed by atoms with Gasteiger partial charge in [-0.25, -0.2) is 0 Å². The molecule has 0 aromatic rings. The van der Waals surface area contributed by atoms with Gasteiger partial charge in [0.1, 0.15) is 0 Å². The van der Waals surface area contributed by atoms with Crippen molar-refractivity contribution in [3.8, 4) is 0 Å². The van der Waals surface area contributed by atoms with E-state index in [0.717, 1.165) is 0 Å². The van der Waals surface area contributed by atoms with E-state index in [2.05, 4.69) is 0 Å². The molecule has 0 bridgehead atoms. The molecule has 4 N–H and O–H groups in total. The standard InChI is InChI=1S/4CHO2.Ti/c4*2-1-3;/h4*(H,2,3);. The SMILES string of the molecule is O=[C](O)[Ti]([C](=O)O)([C](=O)O)[C](=O)O. The molecule has 0 saturated heterocycles. The average Bonchev–Trinajstić information content (AvgIpc) is 1.82. The zero-order valence-corrected chi connectivity index (χ0v) is 7.48. The first kappa shape index (κ1) is 11.6. The summed E-state index contributed by atoms with van der Waals surface area (Å²) in [5.74, 6) is 0. The predicted molar refractivity (Wildman–Crippen MR) is 32.1 cm³/mol. The zero-order chi connectivity index (χ0) is 10.8. The maximum absolute atomic E-state index is 10.3. The van der Waals surface area contributed by atoms with E-state index in [4.69, 9.17) is 20.4 Å². The summed E-state index contributed by atoms with van der Waals surface area (Å²) in [4.78, 5) is 41.1. The second-order valence-corrected chi connectivity index (χ2v) is 6.98. The molecule has 0 aliphatic heterocycles. The summed E-state index contributed by atoms with van der Waals surface area (Å²) in [6, 6.07) is 0. The number of hydrogen-bond acceptors (Lipinski definition) is 4. The Morgan fingerprint density at radius 3 is 0.769 bits per heavy atom. The van der Waals surface area contributed by atoms with E-state index in [-0.39, 0.29) is 0 Å². The first-order valence-electron chi connectivity index (χ1n) is 2.71. The number of hydrogen-bond donors (Lipinski definition) is 4. The normalized spacial score (nSPS) is 10.5. The Labute approximate surface area is 73.8 Å². The molecule has 0 unspecified atom stereocenters. The molecule has 0 atom stereocenters. The quantitative estimate of drug-likeness (QED) is 0.517. The minimum atomic E-state index is -6.00. The van der Waals surface area contributed by atoms with Gasteiger partial charge in [-0.1, -0.05) is 0 Å². The maximum atomic E-state index is 10.3. The van der Waals surface area contributed by atoms with Crippen molar-refractivity contribution in [2.45, 2.75) is 0 Å². The van der Waals surface area contributed by atoms with Crippen LogP contribution < -0.4 is 0 Å². The van der Waals surface area contributed by atoms with Gasteiger partial charge >= 0.3 is 73.3 Å². The number of rotatable bonds is 4. The first-order chi connectivity index (χ1) is 5.77. The Kier molecular flexibility index (Phi) is 3.16. The second-order valence-electron chi connectivity index (χ2n) is 1.97. The molecule has 0 radical (unpaired) electrons. The predicted octanol–water partition coefficient (Wildman–Crippen LogP) is 0.852. The van der Waals surface area contributed by atoms with E-state index >= 15 is 0 Å². The molecule has 9 heteroatoms. The Morgan fingerprint density at radius 2 is 0.769 bits per heavy atom. The van der Waals surface area contributed by atoms with Crippen LogP contribution in [0.2, 0.25) is 0 Å². The molecular weight excluding hydrogens is 224 g/mol. The molecule has 0 saturated carbocycles. The molecule has 13 heavy (non-hydrogen) atoms. The molecule has 0 aliphatic carbocycles. The third-order valence-electron chi connectivity index (χ3n) is 1.28. The van der Waals surface area contributed by atoms with Crippen LogP contribution >= 0.6 is 0 Å². The molecule has 0 amide bonds. The molecule has 72 valence electrons. The minimum absolute atomic E-state index is 2.27. The van der Waals surface area contributed by atoms with E-state index in [1.54, 1.807) is 0 Å². The third-order valence-corrected chi connectivity index (χ3v) is 5.29.